The largest absolute Gasteiger partial charge is 0.494 e. The fourth-order valence-corrected chi connectivity index (χ4v) is 3.42. The molecule has 0 unspecified atom stereocenters. The van der Waals surface area contributed by atoms with Crippen molar-refractivity contribution in [1.82, 2.24) is 4.98 Å². The zero-order valence-corrected chi connectivity index (χ0v) is 14.2. The molecule has 0 saturated carbocycles. The highest BCUT2D eigenvalue weighted by Crippen LogP contribution is 2.32. The highest BCUT2D eigenvalue weighted by atomic mass is 32.1. The Morgan fingerprint density at radius 1 is 1.26 bits per heavy atom. The minimum Gasteiger partial charge on any atom is -0.494 e. The maximum atomic E-state index is 12.3. The highest BCUT2D eigenvalue weighted by Gasteiger charge is 2.12. The lowest BCUT2D eigenvalue weighted by Crippen LogP contribution is -2.14. The molecule has 1 heterocycles. The van der Waals surface area contributed by atoms with Gasteiger partial charge < -0.3 is 10.1 Å². The van der Waals surface area contributed by atoms with E-state index >= 15 is 0 Å². The van der Waals surface area contributed by atoms with Crippen molar-refractivity contribution in [2.45, 2.75) is 20.3 Å². The van der Waals surface area contributed by atoms with Gasteiger partial charge in [-0.15, -0.1) is 0 Å². The van der Waals surface area contributed by atoms with Gasteiger partial charge in [-0.2, -0.15) is 0 Å². The summed E-state index contributed by atoms with van der Waals surface area (Å²) in [6, 6.07) is 11.9. The molecule has 4 nitrogen and oxygen atoms in total. The molecular formula is C18H18N2O2S. The Morgan fingerprint density at radius 3 is 2.83 bits per heavy atom. The van der Waals surface area contributed by atoms with E-state index in [1.54, 1.807) is 7.11 Å². The van der Waals surface area contributed by atoms with Crippen LogP contribution >= 0.6 is 11.3 Å². The van der Waals surface area contributed by atoms with E-state index in [2.05, 4.69) is 16.4 Å². The van der Waals surface area contributed by atoms with E-state index in [9.17, 15) is 4.79 Å². The first kappa shape index (κ1) is 15.5. The monoisotopic (exact) mass is 326 g/mol. The first-order chi connectivity index (χ1) is 11.1. The van der Waals surface area contributed by atoms with Crippen LogP contribution in [0.3, 0.4) is 0 Å². The molecule has 1 N–H and O–H groups in total. The zero-order valence-electron chi connectivity index (χ0n) is 13.3. The second kappa shape index (κ2) is 6.38. The van der Waals surface area contributed by atoms with E-state index in [0.29, 0.717) is 17.3 Å². The number of carbonyl (C=O) groups excluding carboxylic acids is 1. The molecule has 0 atom stereocenters. The molecule has 118 valence electrons. The topological polar surface area (TPSA) is 51.2 Å². The van der Waals surface area contributed by atoms with Gasteiger partial charge in [0, 0.05) is 0 Å². The van der Waals surface area contributed by atoms with Crippen molar-refractivity contribution in [2.75, 3.05) is 12.4 Å². The highest BCUT2D eigenvalue weighted by molar-refractivity contribution is 7.22. The van der Waals surface area contributed by atoms with E-state index < -0.39 is 0 Å². The van der Waals surface area contributed by atoms with Crippen LogP contribution in [0.15, 0.2) is 36.4 Å². The van der Waals surface area contributed by atoms with Crippen molar-refractivity contribution in [3.8, 4) is 5.75 Å². The minimum atomic E-state index is -0.0602. The van der Waals surface area contributed by atoms with Crippen molar-refractivity contribution in [2.24, 2.45) is 0 Å². The molecule has 1 aromatic heterocycles. The van der Waals surface area contributed by atoms with E-state index in [4.69, 9.17) is 4.74 Å². The van der Waals surface area contributed by atoms with Gasteiger partial charge >= 0.3 is 0 Å². The number of anilines is 1. The van der Waals surface area contributed by atoms with Crippen molar-refractivity contribution in [3.05, 3.63) is 53.1 Å². The van der Waals surface area contributed by atoms with E-state index in [0.717, 1.165) is 21.3 Å². The molecule has 0 saturated heterocycles. The molecule has 0 bridgehead atoms. The number of para-hydroxylation sites is 1. The van der Waals surface area contributed by atoms with Crippen molar-refractivity contribution >= 4 is 32.6 Å². The van der Waals surface area contributed by atoms with Crippen molar-refractivity contribution < 1.29 is 9.53 Å². The fraction of sp³-hybridized carbons (Fsp3) is 0.222. The van der Waals surface area contributed by atoms with Crippen LogP contribution in [0.2, 0.25) is 0 Å². The normalized spacial score (nSPS) is 10.7. The number of nitrogens with one attached hydrogen (secondary N) is 1. The quantitative estimate of drug-likeness (QED) is 0.785. The van der Waals surface area contributed by atoms with E-state index in [-0.39, 0.29) is 5.91 Å². The number of aryl methyl sites for hydroxylation is 2. The summed E-state index contributed by atoms with van der Waals surface area (Å²) in [4.78, 5) is 16.7. The maximum Gasteiger partial charge on any atom is 0.230 e. The number of thiazole rings is 1. The Kier molecular flexibility index (Phi) is 4.30. The smallest absolute Gasteiger partial charge is 0.230 e. The van der Waals surface area contributed by atoms with Gasteiger partial charge in [-0.1, -0.05) is 41.2 Å². The number of amides is 1. The molecular weight excluding hydrogens is 308 g/mol. The van der Waals surface area contributed by atoms with Crippen LogP contribution in [0.4, 0.5) is 5.13 Å². The molecule has 5 heteroatoms. The average molecular weight is 326 g/mol. The number of fused-ring (bicyclic) bond motifs is 1. The Hall–Kier alpha value is -2.40. The molecule has 2 aromatic carbocycles. The third-order valence-corrected chi connectivity index (χ3v) is 4.63. The van der Waals surface area contributed by atoms with Gasteiger partial charge in [-0.3, -0.25) is 4.79 Å². The number of hydrogen-bond acceptors (Lipinski definition) is 4. The van der Waals surface area contributed by atoms with Gasteiger partial charge in [0.05, 0.1) is 18.2 Å². The second-order valence-electron chi connectivity index (χ2n) is 5.48. The summed E-state index contributed by atoms with van der Waals surface area (Å²) in [5.41, 5.74) is 4.14. The Balaban J connectivity index is 1.77. The number of ether oxygens (including phenoxy) is 1. The lowest BCUT2D eigenvalue weighted by Gasteiger charge is -2.06. The van der Waals surface area contributed by atoms with Gasteiger partial charge in [0.2, 0.25) is 5.91 Å². The van der Waals surface area contributed by atoms with Gasteiger partial charge in [0.15, 0.2) is 5.13 Å². The number of aromatic nitrogens is 1. The summed E-state index contributed by atoms with van der Waals surface area (Å²) in [6.07, 6.45) is 0.346. The molecule has 1 amide bonds. The second-order valence-corrected chi connectivity index (χ2v) is 6.51. The van der Waals surface area contributed by atoms with Gasteiger partial charge in [-0.25, -0.2) is 4.98 Å². The Bertz CT molecular complexity index is 871. The van der Waals surface area contributed by atoms with Crippen LogP contribution in [-0.2, 0) is 11.2 Å². The first-order valence-corrected chi connectivity index (χ1v) is 8.18. The molecule has 0 fully saturated rings. The summed E-state index contributed by atoms with van der Waals surface area (Å²) < 4.78 is 6.29. The third kappa shape index (κ3) is 3.35. The van der Waals surface area contributed by atoms with E-state index in [1.165, 1.54) is 16.9 Å². The van der Waals surface area contributed by atoms with Gasteiger partial charge in [0.25, 0.3) is 0 Å². The number of hydrogen-bond donors (Lipinski definition) is 1. The molecule has 0 radical (unpaired) electrons. The summed E-state index contributed by atoms with van der Waals surface area (Å²) in [5, 5.41) is 3.48. The molecule has 3 aromatic rings. The molecule has 0 spiro atoms. The van der Waals surface area contributed by atoms with Crippen molar-refractivity contribution in [3.63, 3.8) is 0 Å². The summed E-state index contributed by atoms with van der Waals surface area (Å²) >= 11 is 1.45. The summed E-state index contributed by atoms with van der Waals surface area (Å²) in [5.74, 6) is 0.656. The predicted octanol–water partition coefficient (Wildman–Crippen LogP) is 4.10. The van der Waals surface area contributed by atoms with Crippen LogP contribution in [0, 0.1) is 13.8 Å². The maximum absolute atomic E-state index is 12.3. The number of rotatable bonds is 4. The SMILES string of the molecule is COc1cccc2sc(NC(=O)Cc3ccc(C)cc3C)nc12. The standard InChI is InChI=1S/C18H18N2O2S/c1-11-7-8-13(12(2)9-11)10-16(21)19-18-20-17-14(22-3)5-4-6-15(17)23-18/h4-9H,10H2,1-3H3,(H,19,20,21). The number of methoxy groups -OCH3 is 1. The number of nitrogens with zero attached hydrogens (tertiary/aromatic N) is 1. The van der Waals surface area contributed by atoms with Crippen LogP contribution in [-0.4, -0.2) is 18.0 Å². The van der Waals surface area contributed by atoms with Crippen LogP contribution in [0.25, 0.3) is 10.2 Å². The fourth-order valence-electron chi connectivity index (χ4n) is 2.52. The number of carbonyl (C=O) groups is 1. The summed E-state index contributed by atoms with van der Waals surface area (Å²) in [6.45, 7) is 4.07. The lowest BCUT2D eigenvalue weighted by molar-refractivity contribution is -0.115. The number of benzene rings is 2. The van der Waals surface area contributed by atoms with Gasteiger partial charge in [-0.05, 0) is 37.1 Å². The molecule has 23 heavy (non-hydrogen) atoms. The van der Waals surface area contributed by atoms with Crippen LogP contribution in [0.1, 0.15) is 16.7 Å². The average Bonchev–Trinajstić information content (AvgIpc) is 2.92. The third-order valence-electron chi connectivity index (χ3n) is 3.70. The van der Waals surface area contributed by atoms with Crippen molar-refractivity contribution in [1.29, 1.82) is 0 Å². The molecule has 0 aliphatic carbocycles. The molecule has 3 rings (SSSR count). The lowest BCUT2D eigenvalue weighted by atomic mass is 10.0. The van der Waals surface area contributed by atoms with Gasteiger partial charge in [0.1, 0.15) is 11.3 Å². The van der Waals surface area contributed by atoms with E-state index in [1.807, 2.05) is 44.2 Å². The first-order valence-electron chi connectivity index (χ1n) is 7.36. The summed E-state index contributed by atoms with van der Waals surface area (Å²) in [7, 11) is 1.62. The molecule has 0 aliphatic heterocycles. The Morgan fingerprint density at radius 2 is 2.09 bits per heavy atom. The predicted molar refractivity (Wildman–Crippen MR) is 94.4 cm³/mol. The van der Waals surface area contributed by atoms with Crippen LogP contribution < -0.4 is 10.1 Å². The zero-order chi connectivity index (χ0) is 16.4. The Labute approximate surface area is 139 Å². The molecule has 0 aliphatic rings. The minimum absolute atomic E-state index is 0.0602. The van der Waals surface area contributed by atoms with Crippen LogP contribution in [0.5, 0.6) is 5.75 Å².